The molecule has 0 saturated heterocycles. The average Bonchev–Trinajstić information content (AvgIpc) is 2.46. The fourth-order valence-corrected chi connectivity index (χ4v) is 2.96. The first-order valence-electron chi connectivity index (χ1n) is 7.60. The van der Waals surface area contributed by atoms with E-state index >= 15 is 0 Å². The molecule has 0 aliphatic carbocycles. The summed E-state index contributed by atoms with van der Waals surface area (Å²) in [6.45, 7) is 8.08. The second-order valence-electron chi connectivity index (χ2n) is 5.64. The SMILES string of the molecule is CCNc1cc(N2Cc3ccccc3C[C@@H]2C)nc(C)n1. The Morgan fingerprint density at radius 3 is 2.76 bits per heavy atom. The third-order valence-electron chi connectivity index (χ3n) is 3.98. The van der Waals surface area contributed by atoms with Gasteiger partial charge in [0.1, 0.15) is 17.5 Å². The third kappa shape index (κ3) is 2.84. The van der Waals surface area contributed by atoms with Crippen molar-refractivity contribution in [2.75, 3.05) is 16.8 Å². The standard InChI is InChI=1S/C17H22N4/c1-4-18-16-10-17(20-13(3)19-16)21-11-15-8-6-5-7-14(15)9-12(21)2/h5-8,10,12H,4,9,11H2,1-3H3,(H,18,19,20)/t12-/m0/s1. The number of nitrogens with zero attached hydrogens (tertiary/aromatic N) is 3. The molecule has 1 aliphatic rings. The van der Waals surface area contributed by atoms with Crippen molar-refractivity contribution in [3.63, 3.8) is 0 Å². The molecule has 4 heteroatoms. The van der Waals surface area contributed by atoms with Crippen LogP contribution in [-0.2, 0) is 13.0 Å². The molecule has 1 aromatic carbocycles. The number of hydrogen-bond donors (Lipinski definition) is 1. The van der Waals surface area contributed by atoms with E-state index < -0.39 is 0 Å². The zero-order valence-electron chi connectivity index (χ0n) is 12.9. The van der Waals surface area contributed by atoms with E-state index in [-0.39, 0.29) is 0 Å². The Kier molecular flexibility index (Phi) is 3.78. The highest BCUT2D eigenvalue weighted by Gasteiger charge is 2.24. The maximum atomic E-state index is 4.64. The summed E-state index contributed by atoms with van der Waals surface area (Å²) < 4.78 is 0. The minimum atomic E-state index is 0.448. The molecule has 21 heavy (non-hydrogen) atoms. The van der Waals surface area contributed by atoms with Crippen LogP contribution in [0.15, 0.2) is 30.3 Å². The van der Waals surface area contributed by atoms with Crippen molar-refractivity contribution in [3.05, 3.63) is 47.3 Å². The number of benzene rings is 1. The molecule has 0 saturated carbocycles. The van der Waals surface area contributed by atoms with Gasteiger partial charge in [-0.2, -0.15) is 0 Å². The zero-order chi connectivity index (χ0) is 14.8. The van der Waals surface area contributed by atoms with Gasteiger partial charge < -0.3 is 10.2 Å². The van der Waals surface area contributed by atoms with Gasteiger partial charge in [-0.25, -0.2) is 9.97 Å². The summed E-state index contributed by atoms with van der Waals surface area (Å²) in [4.78, 5) is 11.4. The normalized spacial score (nSPS) is 17.5. The van der Waals surface area contributed by atoms with Crippen LogP contribution in [0.1, 0.15) is 30.8 Å². The lowest BCUT2D eigenvalue weighted by atomic mass is 9.95. The highest BCUT2D eigenvalue weighted by molar-refractivity contribution is 5.52. The predicted molar refractivity (Wildman–Crippen MR) is 86.7 cm³/mol. The van der Waals surface area contributed by atoms with Crippen LogP contribution >= 0.6 is 0 Å². The lowest BCUT2D eigenvalue weighted by Gasteiger charge is -2.36. The summed E-state index contributed by atoms with van der Waals surface area (Å²) in [7, 11) is 0. The molecular weight excluding hydrogens is 260 g/mol. The van der Waals surface area contributed by atoms with Crippen LogP contribution < -0.4 is 10.2 Å². The first-order chi connectivity index (χ1) is 10.2. The quantitative estimate of drug-likeness (QED) is 0.939. The fourth-order valence-electron chi connectivity index (χ4n) is 2.96. The molecule has 3 rings (SSSR count). The lowest BCUT2D eigenvalue weighted by molar-refractivity contribution is 0.585. The van der Waals surface area contributed by atoms with Crippen LogP contribution in [0.5, 0.6) is 0 Å². The second kappa shape index (κ2) is 5.72. The Bertz CT molecular complexity index is 638. The molecule has 1 aromatic heterocycles. The summed E-state index contributed by atoms with van der Waals surface area (Å²) in [5.74, 6) is 2.74. The lowest BCUT2D eigenvalue weighted by Crippen LogP contribution is -2.39. The fraction of sp³-hybridized carbons (Fsp3) is 0.412. The minimum Gasteiger partial charge on any atom is -0.370 e. The Morgan fingerprint density at radius 1 is 1.24 bits per heavy atom. The van der Waals surface area contributed by atoms with Gasteiger partial charge in [-0.05, 0) is 38.3 Å². The minimum absolute atomic E-state index is 0.448. The highest BCUT2D eigenvalue weighted by Crippen LogP contribution is 2.28. The smallest absolute Gasteiger partial charge is 0.134 e. The molecule has 2 aromatic rings. The first kappa shape index (κ1) is 13.9. The molecule has 2 heterocycles. The van der Waals surface area contributed by atoms with E-state index in [2.05, 4.69) is 64.4 Å². The van der Waals surface area contributed by atoms with Crippen molar-refractivity contribution in [3.8, 4) is 0 Å². The second-order valence-corrected chi connectivity index (χ2v) is 5.64. The topological polar surface area (TPSA) is 41.0 Å². The Labute approximate surface area is 126 Å². The summed E-state index contributed by atoms with van der Waals surface area (Å²) in [5, 5.41) is 3.28. The van der Waals surface area contributed by atoms with Crippen LogP contribution in [0.25, 0.3) is 0 Å². The van der Waals surface area contributed by atoms with E-state index in [0.29, 0.717) is 6.04 Å². The molecule has 0 fully saturated rings. The van der Waals surface area contributed by atoms with Gasteiger partial charge in [-0.3, -0.25) is 0 Å². The molecule has 0 spiro atoms. The molecule has 0 bridgehead atoms. The monoisotopic (exact) mass is 282 g/mol. The van der Waals surface area contributed by atoms with Crippen molar-refractivity contribution in [1.29, 1.82) is 0 Å². The number of nitrogens with one attached hydrogen (secondary N) is 1. The molecule has 1 atom stereocenters. The van der Waals surface area contributed by atoms with Crippen LogP contribution in [0, 0.1) is 6.92 Å². The van der Waals surface area contributed by atoms with E-state index in [4.69, 9.17) is 0 Å². The first-order valence-corrected chi connectivity index (χ1v) is 7.60. The van der Waals surface area contributed by atoms with Gasteiger partial charge in [-0.1, -0.05) is 24.3 Å². The molecular formula is C17H22N4. The zero-order valence-corrected chi connectivity index (χ0v) is 12.9. The van der Waals surface area contributed by atoms with E-state index in [9.17, 15) is 0 Å². The number of hydrogen-bond acceptors (Lipinski definition) is 4. The van der Waals surface area contributed by atoms with E-state index in [1.807, 2.05) is 6.92 Å². The summed E-state index contributed by atoms with van der Waals surface area (Å²) in [6, 6.07) is 11.2. The van der Waals surface area contributed by atoms with Crippen molar-refractivity contribution >= 4 is 11.6 Å². The Morgan fingerprint density at radius 2 is 2.00 bits per heavy atom. The molecule has 1 N–H and O–H groups in total. The summed E-state index contributed by atoms with van der Waals surface area (Å²) in [6.07, 6.45) is 1.07. The van der Waals surface area contributed by atoms with Gasteiger partial charge in [0.05, 0.1) is 0 Å². The third-order valence-corrected chi connectivity index (χ3v) is 3.98. The number of anilines is 2. The highest BCUT2D eigenvalue weighted by atomic mass is 15.2. The van der Waals surface area contributed by atoms with Crippen LogP contribution in [-0.4, -0.2) is 22.6 Å². The van der Waals surface area contributed by atoms with Crippen molar-refractivity contribution < 1.29 is 0 Å². The predicted octanol–water partition coefficient (Wildman–Crippen LogP) is 3.17. The maximum Gasteiger partial charge on any atom is 0.134 e. The summed E-state index contributed by atoms with van der Waals surface area (Å²) >= 11 is 0. The van der Waals surface area contributed by atoms with E-state index in [1.165, 1.54) is 11.1 Å². The number of aryl methyl sites for hydroxylation is 1. The maximum absolute atomic E-state index is 4.64. The van der Waals surface area contributed by atoms with Crippen molar-refractivity contribution in [2.24, 2.45) is 0 Å². The summed E-state index contributed by atoms with van der Waals surface area (Å²) in [5.41, 5.74) is 2.86. The van der Waals surface area contributed by atoms with Gasteiger partial charge in [0, 0.05) is 25.2 Å². The van der Waals surface area contributed by atoms with Gasteiger partial charge in [0.2, 0.25) is 0 Å². The van der Waals surface area contributed by atoms with Gasteiger partial charge in [-0.15, -0.1) is 0 Å². The molecule has 0 unspecified atom stereocenters. The van der Waals surface area contributed by atoms with Gasteiger partial charge in [0.25, 0.3) is 0 Å². The van der Waals surface area contributed by atoms with Crippen molar-refractivity contribution in [2.45, 2.75) is 39.8 Å². The Balaban J connectivity index is 1.93. The van der Waals surface area contributed by atoms with Crippen molar-refractivity contribution in [1.82, 2.24) is 9.97 Å². The van der Waals surface area contributed by atoms with Crippen LogP contribution in [0.2, 0.25) is 0 Å². The molecule has 110 valence electrons. The van der Waals surface area contributed by atoms with Gasteiger partial charge in [0.15, 0.2) is 0 Å². The van der Waals surface area contributed by atoms with Crippen LogP contribution in [0.4, 0.5) is 11.6 Å². The number of rotatable bonds is 3. The molecule has 0 radical (unpaired) electrons. The molecule has 0 amide bonds. The number of aromatic nitrogens is 2. The molecule has 1 aliphatic heterocycles. The molecule has 4 nitrogen and oxygen atoms in total. The van der Waals surface area contributed by atoms with E-state index in [1.54, 1.807) is 0 Å². The van der Waals surface area contributed by atoms with Gasteiger partial charge >= 0.3 is 0 Å². The largest absolute Gasteiger partial charge is 0.370 e. The Hall–Kier alpha value is -2.10. The van der Waals surface area contributed by atoms with E-state index in [0.717, 1.165) is 37.0 Å². The van der Waals surface area contributed by atoms with Crippen LogP contribution in [0.3, 0.4) is 0 Å². The average molecular weight is 282 g/mol. The number of fused-ring (bicyclic) bond motifs is 1.